The minimum absolute atomic E-state index is 0.251. The van der Waals surface area contributed by atoms with Gasteiger partial charge in [0, 0.05) is 0 Å². The van der Waals surface area contributed by atoms with E-state index in [0.717, 1.165) is 25.7 Å². The van der Waals surface area contributed by atoms with Gasteiger partial charge in [-0.1, -0.05) is 40.5 Å². The molecule has 0 aliphatic carbocycles. The molecule has 0 bridgehead atoms. The standard InChI is InChI=1S/C12H26O2/c1-5-9(4)12(14)8-10(6-2)11(13)7-3/h9-14H,5-8H2,1-4H3. The van der Waals surface area contributed by atoms with E-state index in [0.29, 0.717) is 5.92 Å². The van der Waals surface area contributed by atoms with Crippen molar-refractivity contribution in [1.29, 1.82) is 0 Å². The molecular weight excluding hydrogens is 176 g/mol. The van der Waals surface area contributed by atoms with Gasteiger partial charge in [0.05, 0.1) is 12.2 Å². The number of aliphatic hydroxyl groups is 2. The summed E-state index contributed by atoms with van der Waals surface area (Å²) in [7, 11) is 0. The normalized spacial score (nSPS) is 20.1. The minimum atomic E-state index is -0.258. The van der Waals surface area contributed by atoms with Crippen molar-refractivity contribution < 1.29 is 10.2 Å². The van der Waals surface area contributed by atoms with E-state index in [-0.39, 0.29) is 18.1 Å². The Morgan fingerprint density at radius 2 is 1.43 bits per heavy atom. The fraction of sp³-hybridized carbons (Fsp3) is 1.00. The Bertz CT molecular complexity index is 136. The Hall–Kier alpha value is -0.0800. The molecule has 4 unspecified atom stereocenters. The molecule has 0 amide bonds. The maximum Gasteiger partial charge on any atom is 0.0569 e. The van der Waals surface area contributed by atoms with Crippen LogP contribution in [0.3, 0.4) is 0 Å². The van der Waals surface area contributed by atoms with E-state index >= 15 is 0 Å². The second-order valence-corrected chi connectivity index (χ2v) is 4.33. The van der Waals surface area contributed by atoms with Crippen LogP contribution in [0, 0.1) is 11.8 Å². The first-order valence-electron chi connectivity index (χ1n) is 5.92. The molecule has 0 saturated heterocycles. The SMILES string of the molecule is CCC(C)C(O)CC(CC)C(O)CC. The molecule has 0 radical (unpaired) electrons. The first-order chi connectivity index (χ1) is 6.56. The predicted molar refractivity (Wildman–Crippen MR) is 60.2 cm³/mol. The van der Waals surface area contributed by atoms with Crippen LogP contribution in [0.5, 0.6) is 0 Å². The molecule has 2 N–H and O–H groups in total. The molecule has 2 heteroatoms. The maximum atomic E-state index is 9.85. The van der Waals surface area contributed by atoms with Gasteiger partial charge in [-0.25, -0.2) is 0 Å². The number of aliphatic hydroxyl groups excluding tert-OH is 2. The summed E-state index contributed by atoms with van der Waals surface area (Å²) in [5.74, 6) is 0.595. The minimum Gasteiger partial charge on any atom is -0.393 e. The molecule has 0 aliphatic heterocycles. The Balaban J connectivity index is 4.03. The Morgan fingerprint density at radius 3 is 1.79 bits per heavy atom. The van der Waals surface area contributed by atoms with Crippen molar-refractivity contribution in [3.8, 4) is 0 Å². The van der Waals surface area contributed by atoms with Crippen LogP contribution < -0.4 is 0 Å². The highest BCUT2D eigenvalue weighted by Crippen LogP contribution is 2.22. The molecule has 0 saturated carbocycles. The van der Waals surface area contributed by atoms with E-state index in [9.17, 15) is 10.2 Å². The molecule has 4 atom stereocenters. The number of hydrogen-bond donors (Lipinski definition) is 2. The average Bonchev–Trinajstić information content (AvgIpc) is 2.22. The lowest BCUT2D eigenvalue weighted by Crippen LogP contribution is -2.27. The van der Waals surface area contributed by atoms with Gasteiger partial charge >= 0.3 is 0 Å². The summed E-state index contributed by atoms with van der Waals surface area (Å²) in [5, 5.41) is 19.6. The van der Waals surface area contributed by atoms with Gasteiger partial charge in [0.2, 0.25) is 0 Å². The molecule has 0 aromatic carbocycles. The van der Waals surface area contributed by atoms with Crippen LogP contribution in [-0.4, -0.2) is 22.4 Å². The first-order valence-corrected chi connectivity index (χ1v) is 5.92. The summed E-state index contributed by atoms with van der Waals surface area (Å²) in [4.78, 5) is 0. The molecule has 86 valence electrons. The lowest BCUT2D eigenvalue weighted by atomic mass is 9.87. The summed E-state index contributed by atoms with van der Waals surface area (Å²) in [6, 6.07) is 0. The van der Waals surface area contributed by atoms with Crippen molar-refractivity contribution >= 4 is 0 Å². The van der Waals surface area contributed by atoms with Crippen molar-refractivity contribution in [3.05, 3.63) is 0 Å². The lowest BCUT2D eigenvalue weighted by Gasteiger charge is -2.25. The van der Waals surface area contributed by atoms with Crippen molar-refractivity contribution in [2.45, 2.75) is 65.6 Å². The molecule has 0 spiro atoms. The van der Waals surface area contributed by atoms with Gasteiger partial charge in [0.25, 0.3) is 0 Å². The molecule has 0 aromatic rings. The van der Waals surface area contributed by atoms with Crippen LogP contribution in [0.2, 0.25) is 0 Å². The fourth-order valence-electron chi connectivity index (χ4n) is 1.74. The van der Waals surface area contributed by atoms with Gasteiger partial charge in [-0.3, -0.25) is 0 Å². The molecule has 0 heterocycles. The number of rotatable bonds is 7. The van der Waals surface area contributed by atoms with Gasteiger partial charge in [-0.05, 0) is 24.7 Å². The van der Waals surface area contributed by atoms with Crippen molar-refractivity contribution in [2.75, 3.05) is 0 Å². The largest absolute Gasteiger partial charge is 0.393 e. The third kappa shape index (κ3) is 4.43. The van der Waals surface area contributed by atoms with Crippen LogP contribution >= 0.6 is 0 Å². The Labute approximate surface area is 88.3 Å². The van der Waals surface area contributed by atoms with Crippen molar-refractivity contribution in [1.82, 2.24) is 0 Å². The van der Waals surface area contributed by atoms with Crippen molar-refractivity contribution in [3.63, 3.8) is 0 Å². The smallest absolute Gasteiger partial charge is 0.0569 e. The molecule has 14 heavy (non-hydrogen) atoms. The van der Waals surface area contributed by atoms with Crippen LogP contribution in [0.15, 0.2) is 0 Å². The molecule has 0 aliphatic rings. The monoisotopic (exact) mass is 202 g/mol. The summed E-state index contributed by atoms with van der Waals surface area (Å²) in [6.45, 7) is 8.22. The summed E-state index contributed by atoms with van der Waals surface area (Å²) < 4.78 is 0. The first kappa shape index (κ1) is 13.9. The second-order valence-electron chi connectivity index (χ2n) is 4.33. The van der Waals surface area contributed by atoms with E-state index in [1.165, 1.54) is 0 Å². The third-order valence-corrected chi connectivity index (χ3v) is 3.33. The van der Waals surface area contributed by atoms with Crippen LogP contribution in [0.25, 0.3) is 0 Å². The van der Waals surface area contributed by atoms with E-state index in [4.69, 9.17) is 0 Å². The zero-order valence-corrected chi connectivity index (χ0v) is 10.0. The summed E-state index contributed by atoms with van der Waals surface area (Å²) in [5.41, 5.74) is 0. The van der Waals surface area contributed by atoms with E-state index < -0.39 is 0 Å². The molecule has 0 fully saturated rings. The highest BCUT2D eigenvalue weighted by Gasteiger charge is 2.22. The zero-order valence-electron chi connectivity index (χ0n) is 10.0. The fourth-order valence-corrected chi connectivity index (χ4v) is 1.74. The second kappa shape index (κ2) is 7.24. The van der Waals surface area contributed by atoms with Gasteiger partial charge in [-0.15, -0.1) is 0 Å². The topological polar surface area (TPSA) is 40.5 Å². The lowest BCUT2D eigenvalue weighted by molar-refractivity contribution is 0.0350. The van der Waals surface area contributed by atoms with Gasteiger partial charge < -0.3 is 10.2 Å². The maximum absolute atomic E-state index is 9.85. The molecule has 0 aromatic heterocycles. The van der Waals surface area contributed by atoms with E-state index in [2.05, 4.69) is 20.8 Å². The zero-order chi connectivity index (χ0) is 11.1. The molecule has 0 rings (SSSR count). The molecule has 2 nitrogen and oxygen atoms in total. The summed E-state index contributed by atoms with van der Waals surface area (Å²) in [6.07, 6.45) is 2.96. The van der Waals surface area contributed by atoms with Gasteiger partial charge in [0.15, 0.2) is 0 Å². The van der Waals surface area contributed by atoms with Crippen LogP contribution in [0.1, 0.15) is 53.4 Å². The predicted octanol–water partition coefficient (Wildman–Crippen LogP) is 2.58. The highest BCUT2D eigenvalue weighted by atomic mass is 16.3. The third-order valence-electron chi connectivity index (χ3n) is 3.33. The quantitative estimate of drug-likeness (QED) is 0.666. The van der Waals surface area contributed by atoms with Gasteiger partial charge in [0.1, 0.15) is 0 Å². The number of hydrogen-bond acceptors (Lipinski definition) is 2. The van der Waals surface area contributed by atoms with Gasteiger partial charge in [-0.2, -0.15) is 0 Å². The van der Waals surface area contributed by atoms with Crippen LogP contribution in [0.4, 0.5) is 0 Å². The van der Waals surface area contributed by atoms with E-state index in [1.807, 2.05) is 6.92 Å². The Kier molecular flexibility index (Phi) is 7.20. The van der Waals surface area contributed by atoms with Crippen molar-refractivity contribution in [2.24, 2.45) is 11.8 Å². The summed E-state index contributed by atoms with van der Waals surface area (Å²) >= 11 is 0. The highest BCUT2D eigenvalue weighted by molar-refractivity contribution is 4.73. The van der Waals surface area contributed by atoms with E-state index in [1.54, 1.807) is 0 Å². The van der Waals surface area contributed by atoms with Crippen LogP contribution in [-0.2, 0) is 0 Å². The average molecular weight is 202 g/mol. The molecular formula is C12H26O2. The Morgan fingerprint density at radius 1 is 0.857 bits per heavy atom.